The van der Waals surface area contributed by atoms with Crippen molar-refractivity contribution in [2.75, 3.05) is 25.2 Å². The van der Waals surface area contributed by atoms with Gasteiger partial charge in [0, 0.05) is 19.5 Å². The molecule has 16 heavy (non-hydrogen) atoms. The van der Waals surface area contributed by atoms with Gasteiger partial charge in [-0.3, -0.25) is 10.1 Å². The monoisotopic (exact) mass is 244 g/mol. The molecule has 0 spiro atoms. The minimum absolute atomic E-state index is 0.103. The average molecular weight is 244 g/mol. The molecule has 1 aromatic rings. The number of aromatic nitrogens is 2. The van der Waals surface area contributed by atoms with E-state index in [-0.39, 0.29) is 11.5 Å². The molecule has 8 heteroatoms. The Kier molecular flexibility index (Phi) is 4.93. The molecule has 0 saturated carbocycles. The van der Waals surface area contributed by atoms with Crippen molar-refractivity contribution in [2.45, 2.75) is 11.4 Å². The number of nitrogens with zero attached hydrogens (tertiary/aromatic N) is 3. The number of rotatable bonds is 6. The summed E-state index contributed by atoms with van der Waals surface area (Å²) < 4.78 is 4.88. The fourth-order valence-corrected chi connectivity index (χ4v) is 1.92. The van der Waals surface area contributed by atoms with Gasteiger partial charge < -0.3 is 10.5 Å². The Bertz CT molecular complexity index is 374. The fourth-order valence-electron chi connectivity index (χ4n) is 1.02. The van der Waals surface area contributed by atoms with Crippen LogP contribution in [0.1, 0.15) is 6.42 Å². The van der Waals surface area contributed by atoms with Crippen molar-refractivity contribution >= 4 is 23.3 Å². The van der Waals surface area contributed by atoms with E-state index in [4.69, 9.17) is 10.5 Å². The molecule has 0 bridgehead atoms. The first-order chi connectivity index (χ1) is 7.66. The fraction of sp³-hybridized carbons (Fsp3) is 0.500. The summed E-state index contributed by atoms with van der Waals surface area (Å²) in [4.78, 5) is 17.6. The van der Waals surface area contributed by atoms with Gasteiger partial charge in [-0.2, -0.15) is 0 Å². The third-order valence-electron chi connectivity index (χ3n) is 1.73. The van der Waals surface area contributed by atoms with E-state index in [2.05, 4.69) is 9.97 Å². The maximum atomic E-state index is 10.7. The van der Waals surface area contributed by atoms with Crippen molar-refractivity contribution in [2.24, 2.45) is 0 Å². The SMILES string of the molecule is COCCCSc1ncnc(N)c1[N+](=O)[O-]. The van der Waals surface area contributed by atoms with Crippen LogP contribution in [0, 0.1) is 10.1 Å². The highest BCUT2D eigenvalue weighted by atomic mass is 32.2. The predicted molar refractivity (Wildman–Crippen MR) is 60.3 cm³/mol. The summed E-state index contributed by atoms with van der Waals surface area (Å²) in [6.07, 6.45) is 2.02. The van der Waals surface area contributed by atoms with Crippen molar-refractivity contribution in [3.8, 4) is 0 Å². The van der Waals surface area contributed by atoms with Gasteiger partial charge in [-0.05, 0) is 6.42 Å². The average Bonchev–Trinajstić information content (AvgIpc) is 2.24. The van der Waals surface area contributed by atoms with Gasteiger partial charge in [-0.15, -0.1) is 0 Å². The van der Waals surface area contributed by atoms with Crippen LogP contribution in [0.15, 0.2) is 11.4 Å². The van der Waals surface area contributed by atoms with Gasteiger partial charge in [0.05, 0.1) is 4.92 Å². The molecular weight excluding hydrogens is 232 g/mol. The lowest BCUT2D eigenvalue weighted by molar-refractivity contribution is -0.387. The zero-order valence-electron chi connectivity index (χ0n) is 8.75. The van der Waals surface area contributed by atoms with E-state index >= 15 is 0 Å². The first-order valence-electron chi connectivity index (χ1n) is 4.53. The molecule has 0 amide bonds. The number of hydrogen-bond acceptors (Lipinski definition) is 7. The predicted octanol–water partition coefficient (Wildman–Crippen LogP) is 1.10. The Labute approximate surface area is 96.6 Å². The van der Waals surface area contributed by atoms with Crippen molar-refractivity contribution in [3.63, 3.8) is 0 Å². The zero-order chi connectivity index (χ0) is 12.0. The lowest BCUT2D eigenvalue weighted by atomic mass is 10.5. The van der Waals surface area contributed by atoms with Crippen LogP contribution in [0.2, 0.25) is 0 Å². The second-order valence-electron chi connectivity index (χ2n) is 2.86. The lowest BCUT2D eigenvalue weighted by Crippen LogP contribution is -2.02. The summed E-state index contributed by atoms with van der Waals surface area (Å²) >= 11 is 1.28. The number of hydrogen-bond donors (Lipinski definition) is 1. The van der Waals surface area contributed by atoms with Crippen LogP contribution in [-0.2, 0) is 4.74 Å². The van der Waals surface area contributed by atoms with Crippen molar-refractivity contribution < 1.29 is 9.66 Å². The van der Waals surface area contributed by atoms with Crippen LogP contribution < -0.4 is 5.73 Å². The van der Waals surface area contributed by atoms with Crippen LogP contribution in [0.3, 0.4) is 0 Å². The molecule has 0 aliphatic heterocycles. The van der Waals surface area contributed by atoms with Gasteiger partial charge in [0.2, 0.25) is 5.82 Å². The van der Waals surface area contributed by atoms with Crippen LogP contribution >= 0.6 is 11.8 Å². The highest BCUT2D eigenvalue weighted by Gasteiger charge is 2.20. The molecule has 0 unspecified atom stereocenters. The van der Waals surface area contributed by atoms with E-state index in [0.29, 0.717) is 17.4 Å². The maximum Gasteiger partial charge on any atom is 0.343 e. The van der Waals surface area contributed by atoms with E-state index in [1.165, 1.54) is 18.1 Å². The number of ether oxygens (including phenoxy) is 1. The first-order valence-corrected chi connectivity index (χ1v) is 5.52. The second kappa shape index (κ2) is 6.23. The van der Waals surface area contributed by atoms with Crippen LogP contribution in [0.5, 0.6) is 0 Å². The molecule has 1 heterocycles. The molecule has 0 aliphatic rings. The Hall–Kier alpha value is -1.41. The largest absolute Gasteiger partial charge is 0.385 e. The minimum atomic E-state index is -0.562. The Morgan fingerprint density at radius 3 is 3.00 bits per heavy atom. The number of nitrogens with two attached hydrogens (primary N) is 1. The van der Waals surface area contributed by atoms with Gasteiger partial charge >= 0.3 is 5.69 Å². The van der Waals surface area contributed by atoms with Crippen molar-refractivity contribution in [1.82, 2.24) is 9.97 Å². The van der Waals surface area contributed by atoms with Crippen molar-refractivity contribution in [1.29, 1.82) is 0 Å². The van der Waals surface area contributed by atoms with Gasteiger partial charge in [0.15, 0.2) is 5.03 Å². The lowest BCUT2D eigenvalue weighted by Gasteiger charge is -2.02. The van der Waals surface area contributed by atoms with E-state index in [9.17, 15) is 10.1 Å². The highest BCUT2D eigenvalue weighted by molar-refractivity contribution is 7.99. The zero-order valence-corrected chi connectivity index (χ0v) is 9.57. The van der Waals surface area contributed by atoms with Crippen LogP contribution in [0.25, 0.3) is 0 Å². The third-order valence-corrected chi connectivity index (χ3v) is 2.80. The maximum absolute atomic E-state index is 10.7. The normalized spacial score (nSPS) is 10.3. The molecule has 0 saturated heterocycles. The summed E-state index contributed by atoms with van der Waals surface area (Å²) in [6, 6.07) is 0. The minimum Gasteiger partial charge on any atom is -0.385 e. The Balaban J connectivity index is 2.71. The molecule has 0 aromatic carbocycles. The highest BCUT2D eigenvalue weighted by Crippen LogP contribution is 2.30. The summed E-state index contributed by atoms with van der Waals surface area (Å²) in [7, 11) is 1.61. The van der Waals surface area contributed by atoms with E-state index in [1.54, 1.807) is 7.11 Å². The van der Waals surface area contributed by atoms with Crippen LogP contribution in [-0.4, -0.2) is 34.4 Å². The molecule has 1 rings (SSSR count). The molecule has 0 aliphatic carbocycles. The van der Waals surface area contributed by atoms with Crippen molar-refractivity contribution in [3.05, 3.63) is 16.4 Å². The van der Waals surface area contributed by atoms with E-state index in [0.717, 1.165) is 6.42 Å². The number of methoxy groups -OCH3 is 1. The standard InChI is InChI=1S/C8H12N4O3S/c1-15-3-2-4-16-8-6(12(13)14)7(9)10-5-11-8/h5H,2-4H2,1H3,(H2,9,10,11). The molecule has 0 radical (unpaired) electrons. The molecule has 2 N–H and O–H groups in total. The number of thioether (sulfide) groups is 1. The van der Waals surface area contributed by atoms with E-state index < -0.39 is 4.92 Å². The molecule has 88 valence electrons. The summed E-state index contributed by atoms with van der Waals surface area (Å²) in [6.45, 7) is 0.612. The Morgan fingerprint density at radius 2 is 2.38 bits per heavy atom. The Morgan fingerprint density at radius 1 is 1.62 bits per heavy atom. The van der Waals surface area contributed by atoms with E-state index in [1.807, 2.05) is 0 Å². The molecule has 7 nitrogen and oxygen atoms in total. The molecule has 0 atom stereocenters. The smallest absolute Gasteiger partial charge is 0.343 e. The summed E-state index contributed by atoms with van der Waals surface area (Å²) in [5.74, 6) is 0.583. The molecular formula is C8H12N4O3S. The summed E-state index contributed by atoms with van der Waals surface area (Å²) in [5, 5.41) is 11.0. The second-order valence-corrected chi connectivity index (χ2v) is 3.95. The van der Waals surface area contributed by atoms with Crippen LogP contribution in [0.4, 0.5) is 11.5 Å². The number of nitro groups is 1. The number of nitrogen functional groups attached to an aromatic ring is 1. The van der Waals surface area contributed by atoms with Gasteiger partial charge in [-0.1, -0.05) is 11.8 Å². The van der Waals surface area contributed by atoms with Gasteiger partial charge in [-0.25, -0.2) is 9.97 Å². The third kappa shape index (κ3) is 3.31. The van der Waals surface area contributed by atoms with Gasteiger partial charge in [0.1, 0.15) is 6.33 Å². The molecule has 1 aromatic heterocycles. The quantitative estimate of drug-likeness (QED) is 0.262. The summed E-state index contributed by atoms with van der Waals surface area (Å²) in [5.41, 5.74) is 5.20. The first kappa shape index (κ1) is 12.7. The van der Waals surface area contributed by atoms with Gasteiger partial charge in [0.25, 0.3) is 0 Å². The number of anilines is 1. The topological polar surface area (TPSA) is 104 Å². The molecule has 0 fully saturated rings.